The summed E-state index contributed by atoms with van der Waals surface area (Å²) in [5, 5.41) is 6.75. The lowest BCUT2D eigenvalue weighted by Gasteiger charge is -2.35. The third-order valence-electron chi connectivity index (χ3n) is 12.8. The van der Waals surface area contributed by atoms with Crippen molar-refractivity contribution in [2.75, 3.05) is 48.5 Å². The normalized spacial score (nSPS) is 20.3. The van der Waals surface area contributed by atoms with Crippen molar-refractivity contribution in [1.82, 2.24) is 39.8 Å². The van der Waals surface area contributed by atoms with E-state index in [0.29, 0.717) is 40.1 Å². The van der Waals surface area contributed by atoms with Crippen LogP contribution in [-0.4, -0.2) is 131 Å². The van der Waals surface area contributed by atoms with Crippen LogP contribution in [0.2, 0.25) is 10.0 Å². The molecule has 0 spiro atoms. The molecular weight excluding hydrogens is 932 g/mol. The van der Waals surface area contributed by atoms with E-state index in [1.165, 1.54) is 16.9 Å². The van der Waals surface area contributed by atoms with E-state index in [1.54, 1.807) is 56.3 Å². The highest BCUT2D eigenvalue weighted by molar-refractivity contribution is 6.31. The van der Waals surface area contributed by atoms with Crippen molar-refractivity contribution in [3.63, 3.8) is 0 Å². The molecule has 1 aromatic heterocycles. The highest BCUT2D eigenvalue weighted by Crippen LogP contribution is 2.32. The average Bonchev–Trinajstić information content (AvgIpc) is 3.70. The molecule has 70 heavy (non-hydrogen) atoms. The first kappa shape index (κ1) is 53.1. The van der Waals surface area contributed by atoms with Crippen molar-refractivity contribution in [2.24, 2.45) is 13.0 Å². The lowest BCUT2D eigenvalue weighted by molar-refractivity contribution is -0.147. The predicted molar refractivity (Wildman–Crippen MR) is 271 cm³/mol. The first-order valence-corrected chi connectivity index (χ1v) is 24.1. The molecule has 5 aromatic rings. The van der Waals surface area contributed by atoms with Crippen LogP contribution in [0, 0.1) is 5.92 Å². The SMILES string of the molecule is COC[C@@H]1NC(=O)[C@@H](C)N(Cc2ccc(Cl)cc2Oc2ccc(-c3cnc(CN(C)C)n3C)cc2)C(=O)C[C@@H](Cc2ccccc2)C(=O)N(C)[C@@H](C)CNC(=O)C[C@H](Cc2ccc(Cl)cc2)N(C)C1=O. The van der Waals surface area contributed by atoms with E-state index >= 15 is 4.79 Å². The number of ether oxygens (including phenoxy) is 2. The topological polar surface area (TPSA) is 159 Å². The van der Waals surface area contributed by atoms with Crippen LogP contribution in [0.5, 0.6) is 11.5 Å². The minimum absolute atomic E-state index is 0.0733. The minimum atomic E-state index is -1.19. The lowest BCUT2D eigenvalue weighted by Crippen LogP contribution is -2.57. The summed E-state index contributed by atoms with van der Waals surface area (Å²) < 4.78 is 14.0. The summed E-state index contributed by atoms with van der Waals surface area (Å²) in [6, 6.07) is 25.7. The maximum Gasteiger partial charge on any atom is 0.247 e. The number of amides is 5. The van der Waals surface area contributed by atoms with Crippen molar-refractivity contribution < 1.29 is 33.4 Å². The number of rotatable bonds is 13. The number of nitrogens with one attached hydrogen (secondary N) is 2. The summed E-state index contributed by atoms with van der Waals surface area (Å²) in [7, 11) is 10.6. The van der Waals surface area contributed by atoms with Crippen LogP contribution in [0.15, 0.2) is 103 Å². The fourth-order valence-electron chi connectivity index (χ4n) is 8.45. The molecule has 1 aliphatic heterocycles. The first-order valence-electron chi connectivity index (χ1n) is 23.3. The molecule has 0 unspecified atom stereocenters. The van der Waals surface area contributed by atoms with Crippen LogP contribution in [0.4, 0.5) is 0 Å². The van der Waals surface area contributed by atoms with E-state index in [4.69, 9.17) is 32.7 Å². The number of benzene rings is 4. The summed E-state index contributed by atoms with van der Waals surface area (Å²) >= 11 is 12.8. The van der Waals surface area contributed by atoms with E-state index < -0.39 is 47.8 Å². The first-order chi connectivity index (χ1) is 33.4. The highest BCUT2D eigenvalue weighted by Gasteiger charge is 2.36. The molecule has 1 aliphatic rings. The van der Waals surface area contributed by atoms with Gasteiger partial charge in [-0.2, -0.15) is 0 Å². The Bertz CT molecular complexity index is 2590. The molecule has 4 aromatic carbocycles. The second-order valence-electron chi connectivity index (χ2n) is 18.3. The smallest absolute Gasteiger partial charge is 0.247 e. The zero-order chi connectivity index (χ0) is 50.6. The molecule has 15 nitrogen and oxygen atoms in total. The zero-order valence-corrected chi connectivity index (χ0v) is 42.7. The number of imidazole rings is 1. The molecule has 1 fully saturated rings. The Balaban J connectivity index is 1.36. The van der Waals surface area contributed by atoms with E-state index in [9.17, 15) is 19.2 Å². The van der Waals surface area contributed by atoms with Crippen LogP contribution < -0.4 is 15.4 Å². The summed E-state index contributed by atoms with van der Waals surface area (Å²) in [6.07, 6.45) is 2.03. The number of likely N-dealkylation sites (N-methyl/N-ethyl adjacent to an activating group) is 2. The van der Waals surface area contributed by atoms with Crippen LogP contribution >= 0.6 is 23.2 Å². The Morgan fingerprint density at radius 1 is 0.786 bits per heavy atom. The molecule has 5 amide bonds. The monoisotopic (exact) mass is 994 g/mol. The van der Waals surface area contributed by atoms with Crippen LogP contribution in [0.1, 0.15) is 49.2 Å². The molecule has 2 heterocycles. The standard InChI is InChI=1S/C53H64Cl2N8O7/c1-34-29-57-49(64)28-43(25-37-14-19-41(54)20-15-37)61(6)53(68)45(33-69-8)58-51(66)35(2)63(50(65)26-40(52(67)60(34)5)24-36-12-10-9-11-13-36)31-39-16-21-42(55)27-47(39)70-44-22-17-38(18-23-44)46-30-56-48(62(46)7)32-59(3)4/h9-23,27,30,34-35,40,43,45H,24-26,28-29,31-33H2,1-8H3,(H,57,64)(H,58,66)/t34-,35+,40+,43-,45-/m0/s1. The third-order valence-corrected chi connectivity index (χ3v) is 13.3. The van der Waals surface area contributed by atoms with Crippen LogP contribution in [0.25, 0.3) is 11.3 Å². The van der Waals surface area contributed by atoms with Gasteiger partial charge in [-0.15, -0.1) is 0 Å². The number of hydrogen-bond acceptors (Lipinski definition) is 9. The minimum Gasteiger partial charge on any atom is -0.457 e. The molecule has 0 radical (unpaired) electrons. The summed E-state index contributed by atoms with van der Waals surface area (Å²) in [5.41, 5.74) is 4.09. The van der Waals surface area contributed by atoms with Gasteiger partial charge in [0.25, 0.3) is 0 Å². The summed E-state index contributed by atoms with van der Waals surface area (Å²) in [4.78, 5) is 83.4. The maximum atomic E-state index is 15.0. The van der Waals surface area contributed by atoms with Gasteiger partial charge < -0.3 is 44.3 Å². The van der Waals surface area contributed by atoms with Crippen molar-refractivity contribution in [3.05, 3.63) is 136 Å². The summed E-state index contributed by atoms with van der Waals surface area (Å²) in [6.45, 7) is 3.89. The van der Waals surface area contributed by atoms with Crippen LogP contribution in [-0.2, 0) is 61.7 Å². The van der Waals surface area contributed by atoms with Gasteiger partial charge in [0.15, 0.2) is 0 Å². The van der Waals surface area contributed by atoms with E-state index in [0.717, 1.165) is 28.2 Å². The molecule has 17 heteroatoms. The second-order valence-corrected chi connectivity index (χ2v) is 19.2. The quantitative estimate of drug-likeness (QED) is 0.130. The van der Waals surface area contributed by atoms with Crippen molar-refractivity contribution in [1.29, 1.82) is 0 Å². The van der Waals surface area contributed by atoms with Gasteiger partial charge in [-0.25, -0.2) is 4.98 Å². The number of hydrogen-bond donors (Lipinski definition) is 2. The van der Waals surface area contributed by atoms with E-state index in [-0.39, 0.29) is 50.8 Å². The Morgan fingerprint density at radius 2 is 1.46 bits per heavy atom. The number of methoxy groups -OCH3 is 1. The van der Waals surface area contributed by atoms with Gasteiger partial charge in [0.05, 0.1) is 37.5 Å². The van der Waals surface area contributed by atoms with Crippen molar-refractivity contribution in [3.8, 4) is 22.8 Å². The van der Waals surface area contributed by atoms with Gasteiger partial charge in [0, 0.05) is 80.9 Å². The largest absolute Gasteiger partial charge is 0.457 e. The Kier molecular flexibility index (Phi) is 18.6. The van der Waals surface area contributed by atoms with Crippen molar-refractivity contribution in [2.45, 2.75) is 76.8 Å². The number of carbonyl (C=O) groups is 5. The van der Waals surface area contributed by atoms with Crippen LogP contribution in [0.3, 0.4) is 0 Å². The number of nitrogens with zero attached hydrogens (tertiary/aromatic N) is 6. The lowest BCUT2D eigenvalue weighted by atomic mass is 9.93. The molecule has 0 saturated carbocycles. The van der Waals surface area contributed by atoms with Gasteiger partial charge >= 0.3 is 0 Å². The number of aromatic nitrogens is 2. The molecule has 5 atom stereocenters. The Morgan fingerprint density at radius 3 is 2.13 bits per heavy atom. The zero-order valence-electron chi connectivity index (χ0n) is 41.2. The van der Waals surface area contributed by atoms with Gasteiger partial charge in [-0.05, 0) is 100 Å². The molecule has 372 valence electrons. The molecule has 6 rings (SSSR count). The Hall–Kier alpha value is -6.26. The molecular formula is C53H64Cl2N8O7. The van der Waals surface area contributed by atoms with E-state index in [2.05, 4.69) is 20.5 Å². The van der Waals surface area contributed by atoms with Crippen molar-refractivity contribution >= 4 is 52.7 Å². The Labute approximate surface area is 421 Å². The van der Waals surface area contributed by atoms with Gasteiger partial charge in [-0.3, -0.25) is 24.0 Å². The average molecular weight is 996 g/mol. The number of halogens is 2. The maximum absolute atomic E-state index is 15.0. The molecule has 2 N–H and O–H groups in total. The fraction of sp³-hybridized carbons (Fsp3) is 0.396. The van der Waals surface area contributed by atoms with E-state index in [1.807, 2.05) is 106 Å². The third kappa shape index (κ3) is 14.0. The fourth-order valence-corrected chi connectivity index (χ4v) is 8.74. The highest BCUT2D eigenvalue weighted by atomic mass is 35.5. The van der Waals surface area contributed by atoms with Gasteiger partial charge in [0.1, 0.15) is 29.4 Å². The second kappa shape index (κ2) is 24.5. The van der Waals surface area contributed by atoms with Gasteiger partial charge in [-0.1, -0.05) is 71.7 Å². The molecule has 0 aliphatic carbocycles. The number of carbonyl (C=O) groups excluding carboxylic acids is 5. The van der Waals surface area contributed by atoms with Gasteiger partial charge in [0.2, 0.25) is 29.5 Å². The molecule has 0 bridgehead atoms. The summed E-state index contributed by atoms with van der Waals surface area (Å²) in [5.74, 6) is -1.34. The molecule has 1 saturated heterocycles. The predicted octanol–water partition coefficient (Wildman–Crippen LogP) is 6.78.